The minimum atomic E-state index is -0.341. The molecule has 0 atom stereocenters. The number of amides is 2. The molecule has 0 unspecified atom stereocenters. The van der Waals surface area contributed by atoms with Gasteiger partial charge in [-0.25, -0.2) is 4.79 Å². The molecule has 1 rings (SSSR count). The summed E-state index contributed by atoms with van der Waals surface area (Å²) in [6.07, 6.45) is 0.164. The van der Waals surface area contributed by atoms with Crippen molar-refractivity contribution in [3.63, 3.8) is 0 Å². The van der Waals surface area contributed by atoms with E-state index in [4.69, 9.17) is 11.6 Å². The van der Waals surface area contributed by atoms with E-state index in [9.17, 15) is 9.59 Å². The number of hydrogen-bond acceptors (Lipinski definition) is 3. The van der Waals surface area contributed by atoms with Crippen molar-refractivity contribution in [1.29, 1.82) is 0 Å². The van der Waals surface area contributed by atoms with Crippen LogP contribution >= 0.6 is 11.6 Å². The predicted octanol–water partition coefficient (Wildman–Crippen LogP) is 3.15. The van der Waals surface area contributed by atoms with E-state index in [0.717, 1.165) is 0 Å². The lowest BCUT2D eigenvalue weighted by Gasteiger charge is -2.26. The van der Waals surface area contributed by atoms with Gasteiger partial charge in [-0.15, -0.1) is 0 Å². The fourth-order valence-electron chi connectivity index (χ4n) is 1.67. The first-order chi connectivity index (χ1) is 9.43. The lowest BCUT2D eigenvalue weighted by molar-refractivity contribution is -0.140. The Morgan fingerprint density at radius 2 is 2.10 bits per heavy atom. The summed E-state index contributed by atoms with van der Waals surface area (Å²) in [4.78, 5) is 24.9. The van der Waals surface area contributed by atoms with Gasteiger partial charge in [-0.05, 0) is 32.0 Å². The van der Waals surface area contributed by atoms with E-state index in [-0.39, 0.29) is 24.5 Å². The molecule has 1 aromatic carbocycles. The molecule has 20 heavy (non-hydrogen) atoms. The number of hydrogen-bond donors (Lipinski definition) is 1. The molecule has 2 amide bonds. The molecule has 0 spiro atoms. The van der Waals surface area contributed by atoms with E-state index in [1.54, 1.807) is 29.2 Å². The van der Waals surface area contributed by atoms with Gasteiger partial charge in [-0.2, -0.15) is 0 Å². The van der Waals surface area contributed by atoms with Crippen LogP contribution < -0.4 is 5.32 Å². The van der Waals surface area contributed by atoms with Crippen LogP contribution in [0, 0.1) is 0 Å². The third kappa shape index (κ3) is 5.09. The number of rotatable bonds is 5. The quantitative estimate of drug-likeness (QED) is 0.850. The highest BCUT2D eigenvalue weighted by Gasteiger charge is 2.18. The maximum absolute atomic E-state index is 12.2. The van der Waals surface area contributed by atoms with Crippen LogP contribution in [-0.2, 0) is 9.53 Å². The van der Waals surface area contributed by atoms with Crippen LogP contribution in [-0.4, -0.2) is 36.6 Å². The second kappa shape index (κ2) is 7.75. The molecule has 6 heteroatoms. The Morgan fingerprint density at radius 1 is 1.40 bits per heavy atom. The summed E-state index contributed by atoms with van der Waals surface area (Å²) in [7, 11) is 1.33. The summed E-state index contributed by atoms with van der Waals surface area (Å²) >= 11 is 5.87. The number of carbonyl (C=O) groups excluding carboxylic acids is 2. The molecule has 0 saturated heterocycles. The minimum Gasteiger partial charge on any atom is -0.469 e. The second-order valence-corrected chi connectivity index (χ2v) is 4.99. The molecule has 0 saturated carbocycles. The molecular weight excluding hydrogens is 280 g/mol. The average Bonchev–Trinajstić information content (AvgIpc) is 2.38. The van der Waals surface area contributed by atoms with E-state index in [1.165, 1.54) is 7.11 Å². The van der Waals surface area contributed by atoms with Crippen LogP contribution in [0.25, 0.3) is 0 Å². The number of anilines is 1. The van der Waals surface area contributed by atoms with Gasteiger partial charge in [0.25, 0.3) is 0 Å². The summed E-state index contributed by atoms with van der Waals surface area (Å²) in [6.45, 7) is 4.07. The van der Waals surface area contributed by atoms with E-state index >= 15 is 0 Å². The van der Waals surface area contributed by atoms with E-state index < -0.39 is 0 Å². The van der Waals surface area contributed by atoms with Crippen molar-refractivity contribution in [1.82, 2.24) is 4.90 Å². The molecular formula is C14H19ClN2O3. The topological polar surface area (TPSA) is 58.6 Å². The molecule has 0 aliphatic rings. The summed E-state index contributed by atoms with van der Waals surface area (Å²) in [6, 6.07) is 6.60. The van der Waals surface area contributed by atoms with Crippen molar-refractivity contribution in [2.75, 3.05) is 19.0 Å². The summed E-state index contributed by atoms with van der Waals surface area (Å²) in [5, 5.41) is 3.31. The first kappa shape index (κ1) is 16.3. The lowest BCUT2D eigenvalue weighted by atomic mass is 10.3. The van der Waals surface area contributed by atoms with Gasteiger partial charge in [0.1, 0.15) is 0 Å². The standard InChI is InChI=1S/C14H19ClN2O3/c1-10(2)17(8-7-13(18)20-3)14(19)16-12-6-4-5-11(15)9-12/h4-6,9-10H,7-8H2,1-3H3,(H,16,19). The van der Waals surface area contributed by atoms with Crippen molar-refractivity contribution in [3.05, 3.63) is 29.3 Å². The third-order valence-corrected chi connectivity index (χ3v) is 2.98. The zero-order chi connectivity index (χ0) is 15.1. The van der Waals surface area contributed by atoms with E-state index in [2.05, 4.69) is 10.1 Å². The molecule has 0 bridgehead atoms. The third-order valence-electron chi connectivity index (χ3n) is 2.74. The number of nitrogens with one attached hydrogen (secondary N) is 1. The zero-order valence-corrected chi connectivity index (χ0v) is 12.6. The Morgan fingerprint density at radius 3 is 2.65 bits per heavy atom. The van der Waals surface area contributed by atoms with Crippen molar-refractivity contribution in [2.24, 2.45) is 0 Å². The van der Waals surface area contributed by atoms with Gasteiger partial charge >= 0.3 is 12.0 Å². The van der Waals surface area contributed by atoms with Crippen molar-refractivity contribution in [2.45, 2.75) is 26.3 Å². The predicted molar refractivity (Wildman–Crippen MR) is 78.9 cm³/mol. The fourth-order valence-corrected chi connectivity index (χ4v) is 1.86. The van der Waals surface area contributed by atoms with Gasteiger partial charge in [0.15, 0.2) is 0 Å². The Balaban J connectivity index is 2.67. The van der Waals surface area contributed by atoms with Crippen LogP contribution in [0.3, 0.4) is 0 Å². The number of urea groups is 1. The minimum absolute atomic E-state index is 0.0289. The van der Waals surface area contributed by atoms with Gasteiger partial charge in [0, 0.05) is 23.3 Å². The van der Waals surface area contributed by atoms with Gasteiger partial charge in [0.2, 0.25) is 0 Å². The number of carbonyl (C=O) groups is 2. The van der Waals surface area contributed by atoms with Crippen LogP contribution in [0.4, 0.5) is 10.5 Å². The summed E-state index contributed by atoms with van der Waals surface area (Å²) in [5.41, 5.74) is 0.617. The maximum atomic E-state index is 12.2. The number of ether oxygens (including phenoxy) is 1. The molecule has 1 N–H and O–H groups in total. The van der Waals surface area contributed by atoms with Gasteiger partial charge in [-0.3, -0.25) is 4.79 Å². The fraction of sp³-hybridized carbons (Fsp3) is 0.429. The normalized spacial score (nSPS) is 10.2. The molecule has 110 valence electrons. The van der Waals surface area contributed by atoms with Crippen LogP contribution in [0.1, 0.15) is 20.3 Å². The molecule has 0 aliphatic carbocycles. The SMILES string of the molecule is COC(=O)CCN(C(=O)Nc1cccc(Cl)c1)C(C)C. The highest BCUT2D eigenvalue weighted by molar-refractivity contribution is 6.30. The van der Waals surface area contributed by atoms with Crippen LogP contribution in [0.15, 0.2) is 24.3 Å². The van der Waals surface area contributed by atoms with E-state index in [1.807, 2.05) is 13.8 Å². The lowest BCUT2D eigenvalue weighted by Crippen LogP contribution is -2.41. The van der Waals surface area contributed by atoms with Gasteiger partial charge in [0.05, 0.1) is 13.5 Å². The summed E-state index contributed by atoms with van der Waals surface area (Å²) in [5.74, 6) is -0.341. The average molecular weight is 299 g/mol. The Bertz CT molecular complexity index is 477. The highest BCUT2D eigenvalue weighted by Crippen LogP contribution is 2.16. The molecule has 0 aromatic heterocycles. The molecule has 5 nitrogen and oxygen atoms in total. The van der Waals surface area contributed by atoms with Crippen molar-refractivity contribution >= 4 is 29.3 Å². The smallest absolute Gasteiger partial charge is 0.322 e. The second-order valence-electron chi connectivity index (χ2n) is 4.55. The van der Waals surface area contributed by atoms with Gasteiger partial charge < -0.3 is 15.0 Å². The van der Waals surface area contributed by atoms with Crippen molar-refractivity contribution in [3.8, 4) is 0 Å². The maximum Gasteiger partial charge on any atom is 0.322 e. The van der Waals surface area contributed by atoms with Gasteiger partial charge in [-0.1, -0.05) is 17.7 Å². The number of nitrogens with zero attached hydrogens (tertiary/aromatic N) is 1. The molecule has 0 aliphatic heterocycles. The number of methoxy groups -OCH3 is 1. The van der Waals surface area contributed by atoms with Crippen LogP contribution in [0.5, 0.6) is 0 Å². The van der Waals surface area contributed by atoms with E-state index in [0.29, 0.717) is 17.3 Å². The Labute approximate surface area is 123 Å². The number of halogens is 1. The van der Waals surface area contributed by atoms with Crippen LogP contribution in [0.2, 0.25) is 5.02 Å². The zero-order valence-electron chi connectivity index (χ0n) is 11.9. The first-order valence-electron chi connectivity index (χ1n) is 6.34. The number of benzene rings is 1. The van der Waals surface area contributed by atoms with Crippen molar-refractivity contribution < 1.29 is 14.3 Å². The Hall–Kier alpha value is -1.75. The molecule has 0 fully saturated rings. The molecule has 1 aromatic rings. The first-order valence-corrected chi connectivity index (χ1v) is 6.72. The largest absolute Gasteiger partial charge is 0.469 e. The molecule has 0 heterocycles. The summed E-state index contributed by atoms with van der Waals surface area (Å²) < 4.78 is 4.58. The monoisotopic (exact) mass is 298 g/mol. The number of esters is 1. The molecule has 0 radical (unpaired) electrons. The Kier molecular flexibility index (Phi) is 6.31. The highest BCUT2D eigenvalue weighted by atomic mass is 35.5.